The molecule has 2 rings (SSSR count). The average Bonchev–Trinajstić information content (AvgIpc) is 2.78. The summed E-state index contributed by atoms with van der Waals surface area (Å²) >= 11 is 0. The van der Waals surface area contributed by atoms with Crippen molar-refractivity contribution in [3.8, 4) is 0 Å². The number of rotatable bonds is 5. The highest BCUT2D eigenvalue weighted by atomic mass is 15.1. The second kappa shape index (κ2) is 5.77. The summed E-state index contributed by atoms with van der Waals surface area (Å²) in [6.07, 6.45) is 10.2. The molecule has 0 aliphatic heterocycles. The van der Waals surface area contributed by atoms with Gasteiger partial charge in [0.05, 0.1) is 6.54 Å². The third kappa shape index (κ3) is 3.50. The fourth-order valence-electron chi connectivity index (χ4n) is 2.67. The summed E-state index contributed by atoms with van der Waals surface area (Å²) in [5, 5.41) is 3.26. The first-order valence-electron chi connectivity index (χ1n) is 7.31. The first-order valence-corrected chi connectivity index (χ1v) is 7.31. The normalized spacial score (nSPS) is 21.7. The molecule has 0 bridgehead atoms. The summed E-state index contributed by atoms with van der Waals surface area (Å²) in [6.45, 7) is 6.33. The molecule has 0 aromatic heterocycles. The Morgan fingerprint density at radius 3 is 2.78 bits per heavy atom. The quantitative estimate of drug-likeness (QED) is 0.447. The largest absolute Gasteiger partial charge is 0.370 e. The lowest BCUT2D eigenvalue weighted by Crippen LogP contribution is -2.38. The van der Waals surface area contributed by atoms with Crippen molar-refractivity contribution in [1.82, 2.24) is 5.32 Å². The van der Waals surface area contributed by atoms with Crippen LogP contribution in [0.1, 0.15) is 52.4 Å². The van der Waals surface area contributed by atoms with Gasteiger partial charge in [-0.3, -0.25) is 4.99 Å². The Kier molecular flexibility index (Phi) is 4.31. The van der Waals surface area contributed by atoms with Crippen LogP contribution < -0.4 is 11.1 Å². The zero-order chi connectivity index (χ0) is 13.0. The molecule has 0 aromatic rings. The van der Waals surface area contributed by atoms with Crippen LogP contribution in [0.5, 0.6) is 0 Å². The highest BCUT2D eigenvalue weighted by molar-refractivity contribution is 5.77. The van der Waals surface area contributed by atoms with Gasteiger partial charge < -0.3 is 11.1 Å². The van der Waals surface area contributed by atoms with E-state index < -0.39 is 0 Å². The van der Waals surface area contributed by atoms with Crippen LogP contribution >= 0.6 is 0 Å². The molecule has 3 heteroatoms. The molecule has 0 unspecified atom stereocenters. The van der Waals surface area contributed by atoms with Gasteiger partial charge in [0, 0.05) is 12.0 Å². The maximum absolute atomic E-state index is 5.93. The third-order valence-electron chi connectivity index (χ3n) is 4.35. The number of nitrogens with zero attached hydrogens (tertiary/aromatic N) is 1. The van der Waals surface area contributed by atoms with Gasteiger partial charge in [-0.05, 0) is 38.0 Å². The van der Waals surface area contributed by atoms with Gasteiger partial charge in [0.1, 0.15) is 0 Å². The molecule has 0 amide bonds. The standard InChI is InChI=1S/C15H27N3/c1-15(2,13-8-3-4-9-13)11-18-14(16)17-10-12-6-5-7-12/h8,12H,3-7,9-11H2,1-2H3,(H3,16,17,18). The van der Waals surface area contributed by atoms with Crippen molar-refractivity contribution in [3.05, 3.63) is 11.6 Å². The Hall–Kier alpha value is -0.990. The lowest BCUT2D eigenvalue weighted by Gasteiger charge is -2.26. The van der Waals surface area contributed by atoms with E-state index in [9.17, 15) is 0 Å². The SMILES string of the molecule is CC(C)(CN=C(N)NCC1CCC1)C1=CCCC1. The van der Waals surface area contributed by atoms with E-state index in [1.165, 1.54) is 38.5 Å². The maximum atomic E-state index is 5.93. The molecular weight excluding hydrogens is 222 g/mol. The van der Waals surface area contributed by atoms with Crippen LogP contribution in [-0.4, -0.2) is 19.0 Å². The van der Waals surface area contributed by atoms with Crippen LogP contribution in [0.25, 0.3) is 0 Å². The van der Waals surface area contributed by atoms with Gasteiger partial charge in [0.25, 0.3) is 0 Å². The molecule has 0 radical (unpaired) electrons. The molecular formula is C15H27N3. The van der Waals surface area contributed by atoms with Crippen molar-refractivity contribution >= 4 is 5.96 Å². The molecule has 3 nitrogen and oxygen atoms in total. The predicted molar refractivity (Wildman–Crippen MR) is 77.5 cm³/mol. The summed E-state index contributed by atoms with van der Waals surface area (Å²) in [6, 6.07) is 0. The molecule has 2 aliphatic rings. The van der Waals surface area contributed by atoms with Crippen LogP contribution in [0, 0.1) is 11.3 Å². The van der Waals surface area contributed by atoms with Gasteiger partial charge in [-0.15, -0.1) is 0 Å². The second-order valence-corrected chi connectivity index (χ2v) is 6.38. The van der Waals surface area contributed by atoms with Gasteiger partial charge in [-0.25, -0.2) is 0 Å². The van der Waals surface area contributed by atoms with E-state index in [0.29, 0.717) is 5.96 Å². The van der Waals surface area contributed by atoms with E-state index in [0.717, 1.165) is 19.0 Å². The van der Waals surface area contributed by atoms with Crippen LogP contribution in [0.15, 0.2) is 16.6 Å². The molecule has 1 saturated carbocycles. The van der Waals surface area contributed by atoms with Crippen molar-refractivity contribution in [2.75, 3.05) is 13.1 Å². The summed E-state index contributed by atoms with van der Waals surface area (Å²) in [5.41, 5.74) is 7.65. The second-order valence-electron chi connectivity index (χ2n) is 6.38. The predicted octanol–water partition coefficient (Wildman–Crippen LogP) is 2.83. The van der Waals surface area contributed by atoms with Crippen molar-refractivity contribution < 1.29 is 0 Å². The van der Waals surface area contributed by atoms with Crippen LogP contribution in [0.3, 0.4) is 0 Å². The van der Waals surface area contributed by atoms with E-state index in [1.54, 1.807) is 5.57 Å². The Morgan fingerprint density at radius 2 is 2.22 bits per heavy atom. The van der Waals surface area contributed by atoms with Gasteiger partial charge in [-0.1, -0.05) is 31.9 Å². The maximum Gasteiger partial charge on any atom is 0.188 e. The monoisotopic (exact) mass is 249 g/mol. The van der Waals surface area contributed by atoms with Crippen LogP contribution in [0.4, 0.5) is 0 Å². The Labute approximate surface area is 111 Å². The highest BCUT2D eigenvalue weighted by Gasteiger charge is 2.24. The molecule has 0 spiro atoms. The molecule has 18 heavy (non-hydrogen) atoms. The van der Waals surface area contributed by atoms with Crippen molar-refractivity contribution in [2.45, 2.75) is 52.4 Å². The molecule has 0 heterocycles. The van der Waals surface area contributed by atoms with Gasteiger partial charge in [0.2, 0.25) is 0 Å². The van der Waals surface area contributed by atoms with E-state index in [2.05, 4.69) is 30.2 Å². The molecule has 1 fully saturated rings. The zero-order valence-electron chi connectivity index (χ0n) is 11.8. The fraction of sp³-hybridized carbons (Fsp3) is 0.800. The minimum Gasteiger partial charge on any atom is -0.370 e. The van der Waals surface area contributed by atoms with Crippen LogP contribution in [-0.2, 0) is 0 Å². The smallest absolute Gasteiger partial charge is 0.188 e. The van der Waals surface area contributed by atoms with E-state index in [1.807, 2.05) is 0 Å². The van der Waals surface area contributed by atoms with Crippen LogP contribution in [0.2, 0.25) is 0 Å². The Balaban J connectivity index is 1.76. The number of aliphatic imine (C=N–C) groups is 1. The summed E-state index contributed by atoms with van der Waals surface area (Å²) < 4.78 is 0. The molecule has 2 aliphatic carbocycles. The number of hydrogen-bond donors (Lipinski definition) is 2. The lowest BCUT2D eigenvalue weighted by atomic mass is 9.84. The lowest BCUT2D eigenvalue weighted by molar-refractivity contribution is 0.315. The van der Waals surface area contributed by atoms with E-state index in [-0.39, 0.29) is 5.41 Å². The molecule has 0 aromatic carbocycles. The van der Waals surface area contributed by atoms with Gasteiger partial charge in [-0.2, -0.15) is 0 Å². The summed E-state index contributed by atoms with van der Waals surface area (Å²) in [5.74, 6) is 1.44. The number of hydrogen-bond acceptors (Lipinski definition) is 1. The van der Waals surface area contributed by atoms with E-state index >= 15 is 0 Å². The van der Waals surface area contributed by atoms with Gasteiger partial charge in [0.15, 0.2) is 5.96 Å². The molecule has 3 N–H and O–H groups in total. The minimum atomic E-state index is 0.166. The van der Waals surface area contributed by atoms with E-state index in [4.69, 9.17) is 5.73 Å². The van der Waals surface area contributed by atoms with Gasteiger partial charge >= 0.3 is 0 Å². The first-order chi connectivity index (χ1) is 8.58. The zero-order valence-corrected chi connectivity index (χ0v) is 11.8. The summed E-state index contributed by atoms with van der Waals surface area (Å²) in [7, 11) is 0. The van der Waals surface area contributed by atoms with Crippen molar-refractivity contribution in [1.29, 1.82) is 0 Å². The number of nitrogens with two attached hydrogens (primary N) is 1. The molecule has 0 atom stereocenters. The highest BCUT2D eigenvalue weighted by Crippen LogP contribution is 2.34. The average molecular weight is 249 g/mol. The number of allylic oxidation sites excluding steroid dienone is 1. The topological polar surface area (TPSA) is 50.4 Å². The third-order valence-corrected chi connectivity index (χ3v) is 4.35. The first kappa shape index (κ1) is 13.4. The molecule has 102 valence electrons. The number of guanidine groups is 1. The summed E-state index contributed by atoms with van der Waals surface area (Å²) in [4.78, 5) is 4.51. The minimum absolute atomic E-state index is 0.166. The Morgan fingerprint density at radius 1 is 1.44 bits per heavy atom. The Bertz CT molecular complexity index is 338. The fourth-order valence-corrected chi connectivity index (χ4v) is 2.67. The van der Waals surface area contributed by atoms with Crippen molar-refractivity contribution in [3.63, 3.8) is 0 Å². The van der Waals surface area contributed by atoms with Crippen molar-refractivity contribution in [2.24, 2.45) is 22.1 Å². The number of nitrogens with one attached hydrogen (secondary N) is 1. The molecule has 0 saturated heterocycles.